The summed E-state index contributed by atoms with van der Waals surface area (Å²) in [7, 11) is 0. The summed E-state index contributed by atoms with van der Waals surface area (Å²) in [6.45, 7) is 0. The van der Waals surface area contributed by atoms with Gasteiger partial charge in [-0.15, -0.1) is 0 Å². The molecule has 0 radical (unpaired) electrons. The molecule has 5 nitrogen and oxygen atoms in total. The molecule has 5 aromatic heterocycles. The third-order valence-corrected chi connectivity index (χ3v) is 8.05. The molecule has 5 heterocycles. The van der Waals surface area contributed by atoms with Gasteiger partial charge in [-0.2, -0.15) is 0 Å². The van der Waals surface area contributed by atoms with Gasteiger partial charge in [-0.1, -0.05) is 78.9 Å². The van der Waals surface area contributed by atoms with Gasteiger partial charge in [0.1, 0.15) is 16.7 Å². The normalized spacial score (nSPS) is 11.8. The molecule has 4 aromatic carbocycles. The number of hydrogen-bond acceptors (Lipinski definition) is 4. The number of fused-ring (bicyclic) bond motifs is 10. The van der Waals surface area contributed by atoms with Gasteiger partial charge in [0.15, 0.2) is 5.58 Å². The molecule has 0 saturated carbocycles. The minimum Gasteiger partial charge on any atom is -0.454 e. The van der Waals surface area contributed by atoms with Crippen molar-refractivity contribution in [2.45, 2.75) is 0 Å². The summed E-state index contributed by atoms with van der Waals surface area (Å²) in [4.78, 5) is 14.4. The van der Waals surface area contributed by atoms with Crippen LogP contribution < -0.4 is 0 Å². The highest BCUT2D eigenvalue weighted by Crippen LogP contribution is 2.39. The Hall–Kier alpha value is -5.81. The number of rotatable bonds is 3. The van der Waals surface area contributed by atoms with Gasteiger partial charge in [0, 0.05) is 27.9 Å². The Bertz CT molecular complexity index is 2460. The Labute approximate surface area is 240 Å². The van der Waals surface area contributed by atoms with Gasteiger partial charge >= 0.3 is 0 Å². The van der Waals surface area contributed by atoms with E-state index in [1.807, 2.05) is 42.5 Å². The van der Waals surface area contributed by atoms with E-state index in [0.717, 1.165) is 83.3 Å². The van der Waals surface area contributed by atoms with E-state index in [9.17, 15) is 0 Å². The van der Waals surface area contributed by atoms with Crippen molar-refractivity contribution in [1.29, 1.82) is 0 Å². The summed E-state index contributed by atoms with van der Waals surface area (Å²) in [5, 5.41) is 3.21. The molecular weight excluding hydrogens is 516 g/mol. The molecule has 0 aliphatic heterocycles. The number of benzene rings is 4. The minimum atomic E-state index is 0.858. The van der Waals surface area contributed by atoms with Crippen molar-refractivity contribution in [2.75, 3.05) is 0 Å². The zero-order valence-corrected chi connectivity index (χ0v) is 22.4. The lowest BCUT2D eigenvalue weighted by Gasteiger charge is -2.07. The lowest BCUT2D eigenvalue weighted by atomic mass is 10.0. The molecule has 0 atom stereocenters. The molecular formula is C37H22N4O. The summed E-state index contributed by atoms with van der Waals surface area (Å²) < 4.78 is 8.80. The van der Waals surface area contributed by atoms with Crippen molar-refractivity contribution in [3.8, 4) is 33.8 Å². The number of pyridine rings is 3. The molecule has 9 rings (SSSR count). The van der Waals surface area contributed by atoms with Crippen molar-refractivity contribution >= 4 is 49.5 Å². The summed E-state index contributed by atoms with van der Waals surface area (Å²) in [5.74, 6) is 0. The van der Waals surface area contributed by atoms with Crippen molar-refractivity contribution in [3.63, 3.8) is 0 Å². The van der Waals surface area contributed by atoms with E-state index in [2.05, 4.69) is 94.3 Å². The van der Waals surface area contributed by atoms with E-state index in [1.54, 1.807) is 6.20 Å². The van der Waals surface area contributed by atoms with Crippen LogP contribution in [0.25, 0.3) is 83.3 Å². The fourth-order valence-electron chi connectivity index (χ4n) is 6.06. The van der Waals surface area contributed by atoms with Crippen molar-refractivity contribution < 1.29 is 4.42 Å². The van der Waals surface area contributed by atoms with Crippen LogP contribution >= 0.6 is 0 Å². The monoisotopic (exact) mass is 538 g/mol. The topological polar surface area (TPSA) is 56.2 Å². The average Bonchev–Trinajstić information content (AvgIpc) is 3.64. The largest absolute Gasteiger partial charge is 0.454 e. The highest BCUT2D eigenvalue weighted by Gasteiger charge is 2.19. The molecule has 0 N–H and O–H groups in total. The van der Waals surface area contributed by atoms with Crippen LogP contribution in [-0.2, 0) is 0 Å². The van der Waals surface area contributed by atoms with E-state index in [0.29, 0.717) is 0 Å². The van der Waals surface area contributed by atoms with E-state index < -0.39 is 0 Å². The van der Waals surface area contributed by atoms with Crippen LogP contribution in [0.15, 0.2) is 138 Å². The molecule has 0 bridgehead atoms. The molecule has 0 aliphatic rings. The number of hydrogen-bond donors (Lipinski definition) is 0. The second-order valence-electron chi connectivity index (χ2n) is 10.5. The molecule has 0 aliphatic carbocycles. The maximum Gasteiger partial charge on any atom is 0.160 e. The van der Waals surface area contributed by atoms with Crippen LogP contribution in [-0.4, -0.2) is 19.4 Å². The number of aromatic nitrogens is 4. The molecule has 0 saturated heterocycles. The second-order valence-corrected chi connectivity index (χ2v) is 10.5. The fourth-order valence-corrected chi connectivity index (χ4v) is 6.06. The Morgan fingerprint density at radius 3 is 2.14 bits per heavy atom. The van der Waals surface area contributed by atoms with Gasteiger partial charge in [-0.25, -0.2) is 9.97 Å². The molecule has 0 fully saturated rings. The molecule has 196 valence electrons. The maximum absolute atomic E-state index is 6.55. The number of nitrogens with zero attached hydrogens (tertiary/aromatic N) is 4. The smallest absolute Gasteiger partial charge is 0.160 e. The van der Waals surface area contributed by atoms with Crippen LogP contribution in [0.4, 0.5) is 0 Å². The Balaban J connectivity index is 1.20. The first-order valence-electron chi connectivity index (χ1n) is 14.0. The third-order valence-electron chi connectivity index (χ3n) is 8.05. The zero-order chi connectivity index (χ0) is 27.6. The van der Waals surface area contributed by atoms with Gasteiger partial charge < -0.3 is 4.42 Å². The number of furan rings is 1. The van der Waals surface area contributed by atoms with E-state index >= 15 is 0 Å². The second kappa shape index (κ2) is 8.85. The Morgan fingerprint density at radius 1 is 0.524 bits per heavy atom. The summed E-state index contributed by atoms with van der Waals surface area (Å²) in [6.07, 6.45) is 1.79. The molecule has 9 aromatic rings. The van der Waals surface area contributed by atoms with Crippen molar-refractivity contribution in [2.24, 2.45) is 0 Å². The Morgan fingerprint density at radius 2 is 1.26 bits per heavy atom. The summed E-state index contributed by atoms with van der Waals surface area (Å²) in [6, 6.07) is 43.6. The quantitative estimate of drug-likeness (QED) is 0.225. The molecule has 0 spiro atoms. The fraction of sp³-hybridized carbons (Fsp3) is 0. The lowest BCUT2D eigenvalue weighted by molar-refractivity contribution is 0.672. The van der Waals surface area contributed by atoms with E-state index in [4.69, 9.17) is 14.4 Å². The van der Waals surface area contributed by atoms with Gasteiger partial charge in [-0.05, 0) is 59.7 Å². The van der Waals surface area contributed by atoms with Gasteiger partial charge in [0.05, 0.1) is 28.1 Å². The van der Waals surface area contributed by atoms with Crippen LogP contribution in [0.3, 0.4) is 0 Å². The van der Waals surface area contributed by atoms with Crippen molar-refractivity contribution in [3.05, 3.63) is 134 Å². The molecule has 42 heavy (non-hydrogen) atoms. The Kier molecular flexibility index (Phi) is 4.83. The van der Waals surface area contributed by atoms with Crippen LogP contribution in [0.2, 0.25) is 0 Å². The molecule has 5 heteroatoms. The van der Waals surface area contributed by atoms with Crippen LogP contribution in [0.1, 0.15) is 0 Å². The number of para-hydroxylation sites is 2. The zero-order valence-electron chi connectivity index (χ0n) is 22.4. The third kappa shape index (κ3) is 3.40. The predicted molar refractivity (Wildman–Crippen MR) is 169 cm³/mol. The van der Waals surface area contributed by atoms with Gasteiger partial charge in [-0.3, -0.25) is 9.38 Å². The highest BCUT2D eigenvalue weighted by molar-refractivity contribution is 6.19. The predicted octanol–water partition coefficient (Wildman–Crippen LogP) is 9.33. The summed E-state index contributed by atoms with van der Waals surface area (Å²) in [5.41, 5.74) is 11.7. The van der Waals surface area contributed by atoms with E-state index in [-0.39, 0.29) is 0 Å². The van der Waals surface area contributed by atoms with Crippen molar-refractivity contribution in [1.82, 2.24) is 19.4 Å². The van der Waals surface area contributed by atoms with E-state index in [1.165, 1.54) is 0 Å². The SMILES string of the molecule is c1ccc(-c2cccc(-c3ccc(-c4ccc5oc6c7ccccc7c7nc8ccccc8n7c6c5c4)cc3)n2)nc1. The molecule has 0 amide bonds. The van der Waals surface area contributed by atoms with Gasteiger partial charge in [0.2, 0.25) is 0 Å². The van der Waals surface area contributed by atoms with Crippen LogP contribution in [0, 0.1) is 0 Å². The first-order valence-corrected chi connectivity index (χ1v) is 14.0. The first-order chi connectivity index (χ1) is 20.8. The molecule has 0 unspecified atom stereocenters. The lowest BCUT2D eigenvalue weighted by Crippen LogP contribution is -1.90. The first kappa shape index (κ1) is 22.9. The highest BCUT2D eigenvalue weighted by atomic mass is 16.3. The standard InChI is InChI=1S/C37H22N4O/c1-2-9-27-26(8-1)36-35(41-33-14-4-3-11-32(33)40-37(27)41)28-22-25(19-20-34(28)42-36)23-15-17-24(18-16-23)29-12-7-13-31(39-29)30-10-5-6-21-38-30/h1-22H. The number of imidazole rings is 1. The summed E-state index contributed by atoms with van der Waals surface area (Å²) >= 11 is 0. The van der Waals surface area contributed by atoms with Crippen LogP contribution in [0.5, 0.6) is 0 Å². The average molecular weight is 539 g/mol. The maximum atomic E-state index is 6.55. The minimum absolute atomic E-state index is 0.858. The van der Waals surface area contributed by atoms with Gasteiger partial charge in [0.25, 0.3) is 0 Å².